The second kappa shape index (κ2) is 6.46. The van der Waals surface area contributed by atoms with E-state index in [1.165, 1.54) is 0 Å². The van der Waals surface area contributed by atoms with E-state index in [1.54, 1.807) is 0 Å². The van der Waals surface area contributed by atoms with Crippen LogP contribution in [0.3, 0.4) is 0 Å². The maximum absolute atomic E-state index is 11.2. The third-order valence-electron chi connectivity index (χ3n) is 2.16. The highest BCUT2D eigenvalue weighted by atomic mass is 32.2. The summed E-state index contributed by atoms with van der Waals surface area (Å²) in [7, 11) is -8.74. The molecule has 0 fully saturated rings. The predicted octanol–water partition coefficient (Wildman–Crippen LogP) is 0.965. The topological polar surface area (TPSA) is 86.7 Å². The minimum absolute atomic E-state index is 0.0485. The summed E-state index contributed by atoms with van der Waals surface area (Å²) >= 11 is 0. The van der Waals surface area contributed by atoms with E-state index < -0.39 is 28.3 Å². The van der Waals surface area contributed by atoms with Gasteiger partial charge in [0, 0.05) is 0 Å². The fourth-order valence-corrected chi connectivity index (χ4v) is 5.00. The normalized spacial score (nSPS) is 15.6. The van der Waals surface area contributed by atoms with E-state index in [2.05, 4.69) is 4.18 Å². The molecule has 1 atom stereocenters. The largest absolute Gasteiger partial charge is 0.271 e. The van der Waals surface area contributed by atoms with Gasteiger partial charge in [-0.1, -0.05) is 19.6 Å². The Kier molecular flexibility index (Phi) is 6.48. The molecule has 6 nitrogen and oxygen atoms in total. The lowest BCUT2D eigenvalue weighted by Gasteiger charge is -2.27. The lowest BCUT2D eigenvalue weighted by molar-refractivity contribution is 0.240. The molecule has 0 aliphatic rings. The summed E-state index contributed by atoms with van der Waals surface area (Å²) in [5.41, 5.74) is -0.365. The van der Waals surface area contributed by atoms with Crippen LogP contribution in [0.15, 0.2) is 0 Å². The maximum Gasteiger partial charge on any atom is 0.264 e. The van der Waals surface area contributed by atoms with E-state index in [4.69, 9.17) is 4.18 Å². The van der Waals surface area contributed by atoms with Crippen LogP contribution in [0.4, 0.5) is 0 Å². The van der Waals surface area contributed by atoms with Crippen molar-refractivity contribution in [3.63, 3.8) is 0 Å². The maximum atomic E-state index is 11.2. The van der Waals surface area contributed by atoms with Crippen molar-refractivity contribution in [1.82, 2.24) is 0 Å². The highest BCUT2D eigenvalue weighted by molar-refractivity contribution is 7.86. The second-order valence-electron chi connectivity index (χ2n) is 5.32. The Bertz CT molecular complexity index is 448. The van der Waals surface area contributed by atoms with Crippen LogP contribution in [0.25, 0.3) is 0 Å². The molecule has 0 rings (SSSR count). The van der Waals surface area contributed by atoms with Crippen molar-refractivity contribution < 1.29 is 25.2 Å². The van der Waals surface area contributed by atoms with E-state index in [1.807, 2.05) is 19.6 Å². The molecule has 18 heavy (non-hydrogen) atoms. The van der Waals surface area contributed by atoms with Gasteiger partial charge in [0.15, 0.2) is 0 Å². The first kappa shape index (κ1) is 18.0. The Morgan fingerprint density at radius 2 is 1.50 bits per heavy atom. The van der Waals surface area contributed by atoms with Crippen LogP contribution in [-0.2, 0) is 28.6 Å². The van der Waals surface area contributed by atoms with Gasteiger partial charge in [0.2, 0.25) is 0 Å². The zero-order valence-electron chi connectivity index (χ0n) is 11.5. The van der Waals surface area contributed by atoms with Gasteiger partial charge in [-0.25, -0.2) is 0 Å². The molecule has 1 unspecified atom stereocenters. The Morgan fingerprint density at radius 1 is 1.00 bits per heavy atom. The van der Waals surface area contributed by atoms with Crippen molar-refractivity contribution in [2.75, 3.05) is 19.1 Å². The van der Waals surface area contributed by atoms with E-state index in [0.717, 1.165) is 12.5 Å². The van der Waals surface area contributed by atoms with Gasteiger partial charge in [-0.15, -0.1) is 0 Å². The van der Waals surface area contributed by atoms with Crippen LogP contribution >= 0.6 is 0 Å². The smallest absolute Gasteiger partial charge is 0.264 e. The molecule has 0 bridgehead atoms. The molecule has 9 heteroatoms. The van der Waals surface area contributed by atoms with Crippen molar-refractivity contribution in [3.8, 4) is 0 Å². The van der Waals surface area contributed by atoms with Crippen LogP contribution in [0.2, 0.25) is 19.6 Å². The molecule has 0 amide bonds. The summed E-state index contributed by atoms with van der Waals surface area (Å²) in [6.07, 6.45) is 2.92. The van der Waals surface area contributed by atoms with Crippen LogP contribution in [0.1, 0.15) is 12.8 Å². The molecule has 0 saturated heterocycles. The molecule has 0 saturated carbocycles. The molecule has 0 heterocycles. The molecule has 0 N–H and O–H groups in total. The van der Waals surface area contributed by atoms with Crippen molar-refractivity contribution in [2.24, 2.45) is 0 Å². The Morgan fingerprint density at radius 3 is 1.83 bits per heavy atom. The summed E-state index contributed by atoms with van der Waals surface area (Å²) < 4.78 is 53.5. The average Bonchev–Trinajstić information content (AvgIpc) is 2.04. The monoisotopic (exact) mass is 318 g/mol. The van der Waals surface area contributed by atoms with Crippen LogP contribution < -0.4 is 0 Å². The number of rotatable bonds is 8. The minimum Gasteiger partial charge on any atom is -0.271 e. The summed E-state index contributed by atoms with van der Waals surface area (Å²) in [6.45, 7) is 6.05. The standard InChI is InChI=1S/C9H22O6S2Si/c1-16(10,11)14-8-6-7-9(18(3,4)5)15-17(2,12)13/h9H,6-8H2,1-5H3. The summed E-state index contributed by atoms with van der Waals surface area (Å²) in [4.78, 5) is 0. The van der Waals surface area contributed by atoms with Crippen molar-refractivity contribution in [3.05, 3.63) is 0 Å². The Hall–Kier alpha value is 0.0369. The van der Waals surface area contributed by atoms with Gasteiger partial charge in [0.25, 0.3) is 20.2 Å². The predicted molar refractivity (Wildman–Crippen MR) is 73.1 cm³/mol. The molecular formula is C9H22O6S2Si. The minimum atomic E-state index is -3.50. The van der Waals surface area contributed by atoms with Gasteiger partial charge >= 0.3 is 0 Å². The highest BCUT2D eigenvalue weighted by Crippen LogP contribution is 2.18. The van der Waals surface area contributed by atoms with Gasteiger partial charge in [0.05, 0.1) is 32.9 Å². The van der Waals surface area contributed by atoms with Crippen molar-refractivity contribution in [1.29, 1.82) is 0 Å². The third kappa shape index (κ3) is 10.0. The van der Waals surface area contributed by atoms with Gasteiger partial charge in [0.1, 0.15) is 0 Å². The zero-order valence-corrected chi connectivity index (χ0v) is 14.1. The molecule has 0 radical (unpaired) electrons. The van der Waals surface area contributed by atoms with Crippen LogP contribution in [0.5, 0.6) is 0 Å². The van der Waals surface area contributed by atoms with Gasteiger partial charge < -0.3 is 0 Å². The van der Waals surface area contributed by atoms with Gasteiger partial charge in [-0.05, 0) is 12.8 Å². The fourth-order valence-electron chi connectivity index (χ4n) is 1.32. The van der Waals surface area contributed by atoms with E-state index in [-0.39, 0.29) is 12.3 Å². The molecule has 0 aliphatic heterocycles. The van der Waals surface area contributed by atoms with Crippen LogP contribution in [-0.4, -0.2) is 49.8 Å². The first-order chi connectivity index (χ1) is 7.81. The quantitative estimate of drug-likeness (QED) is 0.376. The molecule has 0 aromatic rings. The van der Waals surface area contributed by atoms with Crippen LogP contribution in [0, 0.1) is 0 Å². The van der Waals surface area contributed by atoms with E-state index in [9.17, 15) is 16.8 Å². The lowest BCUT2D eigenvalue weighted by atomic mass is 10.3. The SMILES string of the molecule is C[Si](C)(C)C(CCCOS(C)(=O)=O)OS(C)(=O)=O. The number of hydrogen-bond donors (Lipinski definition) is 0. The number of hydrogen-bond acceptors (Lipinski definition) is 6. The van der Waals surface area contributed by atoms with Gasteiger partial charge in [-0.2, -0.15) is 16.8 Å². The summed E-state index contributed by atoms with van der Waals surface area (Å²) in [5, 5.41) is 0. The first-order valence-electron chi connectivity index (χ1n) is 5.54. The fraction of sp³-hybridized carbons (Fsp3) is 1.00. The molecule has 0 spiro atoms. The third-order valence-corrected chi connectivity index (χ3v) is 5.85. The van der Waals surface area contributed by atoms with Gasteiger partial charge in [-0.3, -0.25) is 8.37 Å². The van der Waals surface area contributed by atoms with E-state index in [0.29, 0.717) is 12.8 Å². The average molecular weight is 318 g/mol. The van der Waals surface area contributed by atoms with Crippen molar-refractivity contribution in [2.45, 2.75) is 38.2 Å². The lowest BCUT2D eigenvalue weighted by Crippen LogP contribution is -2.41. The summed E-state index contributed by atoms with van der Waals surface area (Å²) in [5.74, 6) is 0. The second-order valence-corrected chi connectivity index (χ2v) is 13.9. The molecule has 0 aliphatic carbocycles. The first-order valence-corrected chi connectivity index (χ1v) is 12.7. The van der Waals surface area contributed by atoms with Crippen molar-refractivity contribution >= 4 is 28.3 Å². The highest BCUT2D eigenvalue weighted by Gasteiger charge is 2.30. The Labute approximate surface area is 111 Å². The Balaban J connectivity index is 4.37. The molecule has 110 valence electrons. The summed E-state index contributed by atoms with van der Waals surface area (Å²) in [6, 6.07) is 0. The molecule has 0 aromatic carbocycles. The van der Waals surface area contributed by atoms with E-state index >= 15 is 0 Å². The molecular weight excluding hydrogens is 296 g/mol. The molecule has 0 aromatic heterocycles. The zero-order chi connectivity index (χ0) is 14.6.